The molecule has 0 radical (unpaired) electrons. The van der Waals surface area contributed by atoms with Crippen LogP contribution in [0.4, 0.5) is 11.4 Å². The summed E-state index contributed by atoms with van der Waals surface area (Å²) in [6, 6.07) is 4.64. The van der Waals surface area contributed by atoms with Gasteiger partial charge in [-0.25, -0.2) is 0 Å². The number of aliphatic hydroxyl groups is 1. The van der Waals surface area contributed by atoms with Gasteiger partial charge in [0.25, 0.3) is 11.6 Å². The molecule has 1 amide bonds. The number of rotatable bonds is 5. The summed E-state index contributed by atoms with van der Waals surface area (Å²) in [5.41, 5.74) is 0.791. The van der Waals surface area contributed by atoms with Crippen molar-refractivity contribution in [2.24, 2.45) is 11.8 Å². The number of aliphatic hydroxyl groups excluding tert-OH is 1. The molecule has 2 rings (SSSR count). The van der Waals surface area contributed by atoms with Gasteiger partial charge < -0.3 is 14.9 Å². The van der Waals surface area contributed by atoms with Crippen molar-refractivity contribution in [3.05, 3.63) is 33.9 Å². The van der Waals surface area contributed by atoms with E-state index in [4.69, 9.17) is 5.11 Å². The van der Waals surface area contributed by atoms with Crippen LogP contribution in [-0.4, -0.2) is 54.1 Å². The zero-order valence-corrected chi connectivity index (χ0v) is 14.4. The van der Waals surface area contributed by atoms with Crippen molar-refractivity contribution in [2.45, 2.75) is 20.3 Å². The summed E-state index contributed by atoms with van der Waals surface area (Å²) in [4.78, 5) is 26.8. The Kier molecular flexibility index (Phi) is 5.77. The molecule has 1 saturated heterocycles. The van der Waals surface area contributed by atoms with Crippen molar-refractivity contribution >= 4 is 17.3 Å². The molecule has 0 aliphatic carbocycles. The fourth-order valence-corrected chi connectivity index (χ4v) is 3.40. The number of piperidine rings is 1. The van der Waals surface area contributed by atoms with Crippen LogP contribution in [0.2, 0.25) is 0 Å². The summed E-state index contributed by atoms with van der Waals surface area (Å²) in [6.45, 7) is 5.90. The average Bonchev–Trinajstić information content (AvgIpc) is 2.52. The quantitative estimate of drug-likeness (QED) is 0.658. The van der Waals surface area contributed by atoms with Gasteiger partial charge in [-0.15, -0.1) is 0 Å². The van der Waals surface area contributed by atoms with Gasteiger partial charge in [-0.2, -0.15) is 0 Å². The third kappa shape index (κ3) is 4.03. The van der Waals surface area contributed by atoms with E-state index in [0.29, 0.717) is 17.5 Å². The van der Waals surface area contributed by atoms with Crippen LogP contribution in [-0.2, 0) is 0 Å². The second-order valence-electron chi connectivity index (χ2n) is 6.76. The number of nitrogens with zero attached hydrogens (tertiary/aromatic N) is 3. The van der Waals surface area contributed by atoms with E-state index in [0.717, 1.165) is 19.5 Å². The van der Waals surface area contributed by atoms with E-state index in [2.05, 4.69) is 13.8 Å². The summed E-state index contributed by atoms with van der Waals surface area (Å²) in [5, 5.41) is 20.4. The molecule has 0 saturated carbocycles. The van der Waals surface area contributed by atoms with Crippen LogP contribution in [0.1, 0.15) is 30.6 Å². The molecule has 2 atom stereocenters. The van der Waals surface area contributed by atoms with E-state index in [1.54, 1.807) is 19.2 Å². The predicted molar refractivity (Wildman–Crippen MR) is 92.3 cm³/mol. The number of hydrogen-bond donors (Lipinski definition) is 1. The molecule has 1 N–H and O–H groups in total. The van der Waals surface area contributed by atoms with Gasteiger partial charge in [0.15, 0.2) is 0 Å². The maximum atomic E-state index is 12.3. The Morgan fingerprint density at radius 2 is 2.00 bits per heavy atom. The van der Waals surface area contributed by atoms with E-state index in [1.165, 1.54) is 11.0 Å². The van der Waals surface area contributed by atoms with Crippen LogP contribution in [0, 0.1) is 22.0 Å². The predicted octanol–water partition coefficient (Wildman–Crippen LogP) is 2.14. The minimum absolute atomic E-state index is 0.0421. The summed E-state index contributed by atoms with van der Waals surface area (Å²) >= 11 is 0. The normalized spacial score (nSPS) is 20.8. The van der Waals surface area contributed by atoms with E-state index in [-0.39, 0.29) is 30.3 Å². The zero-order valence-electron chi connectivity index (χ0n) is 14.4. The third-order valence-corrected chi connectivity index (χ3v) is 4.41. The molecule has 0 spiro atoms. The molecule has 1 aromatic rings. The molecule has 7 heteroatoms. The minimum atomic E-state index is -0.428. The van der Waals surface area contributed by atoms with Crippen molar-refractivity contribution in [3.8, 4) is 0 Å². The highest BCUT2D eigenvalue weighted by atomic mass is 16.6. The smallest absolute Gasteiger partial charge is 0.293 e. The SMILES string of the molecule is CC1CC(C)CN(c2ccc(C(=O)N(C)CCO)cc2[N+](=O)[O-])C1. The first-order valence-electron chi connectivity index (χ1n) is 8.23. The highest BCUT2D eigenvalue weighted by molar-refractivity contribution is 5.95. The second-order valence-corrected chi connectivity index (χ2v) is 6.76. The molecule has 7 nitrogen and oxygen atoms in total. The maximum absolute atomic E-state index is 12.3. The molecule has 1 aliphatic rings. The molecular weight excluding hydrogens is 310 g/mol. The van der Waals surface area contributed by atoms with Gasteiger partial charge in [-0.3, -0.25) is 14.9 Å². The van der Waals surface area contributed by atoms with Crippen molar-refractivity contribution in [2.75, 3.05) is 38.2 Å². The monoisotopic (exact) mass is 335 g/mol. The van der Waals surface area contributed by atoms with Crippen LogP contribution in [0.3, 0.4) is 0 Å². The topological polar surface area (TPSA) is 86.9 Å². The number of hydrogen-bond acceptors (Lipinski definition) is 5. The number of nitro groups is 1. The van der Waals surface area contributed by atoms with Gasteiger partial charge in [0.1, 0.15) is 5.69 Å². The van der Waals surface area contributed by atoms with Crippen LogP contribution >= 0.6 is 0 Å². The average molecular weight is 335 g/mol. The lowest BCUT2D eigenvalue weighted by Gasteiger charge is -2.36. The summed E-state index contributed by atoms with van der Waals surface area (Å²) < 4.78 is 0. The Morgan fingerprint density at radius 1 is 1.38 bits per heavy atom. The Balaban J connectivity index is 2.33. The molecule has 132 valence electrons. The maximum Gasteiger partial charge on any atom is 0.293 e. The van der Waals surface area contributed by atoms with Crippen LogP contribution in [0.25, 0.3) is 0 Å². The lowest BCUT2D eigenvalue weighted by Crippen LogP contribution is -2.39. The second kappa shape index (κ2) is 7.61. The summed E-state index contributed by atoms with van der Waals surface area (Å²) in [7, 11) is 1.56. The summed E-state index contributed by atoms with van der Waals surface area (Å²) in [5.74, 6) is 0.620. The van der Waals surface area contributed by atoms with E-state index < -0.39 is 4.92 Å². The van der Waals surface area contributed by atoms with Crippen molar-refractivity contribution in [1.82, 2.24) is 4.90 Å². The minimum Gasteiger partial charge on any atom is -0.395 e. The number of likely N-dealkylation sites (N-methyl/N-ethyl adjacent to an activating group) is 1. The molecule has 1 aromatic carbocycles. The Hall–Kier alpha value is -2.15. The molecule has 2 unspecified atom stereocenters. The number of anilines is 1. The van der Waals surface area contributed by atoms with Crippen LogP contribution in [0.15, 0.2) is 18.2 Å². The molecule has 1 aliphatic heterocycles. The lowest BCUT2D eigenvalue weighted by atomic mass is 9.91. The lowest BCUT2D eigenvalue weighted by molar-refractivity contribution is -0.384. The van der Waals surface area contributed by atoms with Crippen LogP contribution < -0.4 is 4.90 Å². The Morgan fingerprint density at radius 3 is 2.54 bits per heavy atom. The third-order valence-electron chi connectivity index (χ3n) is 4.41. The standard InChI is InChI=1S/C17H25N3O4/c1-12-8-13(2)11-19(10-12)15-5-4-14(9-16(15)20(23)24)17(22)18(3)6-7-21/h4-5,9,12-13,21H,6-8,10-11H2,1-3H3. The van der Waals surface area contributed by atoms with E-state index in [9.17, 15) is 14.9 Å². The van der Waals surface area contributed by atoms with Gasteiger partial charge in [0, 0.05) is 38.3 Å². The molecular formula is C17H25N3O4. The largest absolute Gasteiger partial charge is 0.395 e. The molecule has 0 aromatic heterocycles. The van der Waals surface area contributed by atoms with E-state index in [1.807, 2.05) is 4.90 Å². The number of amides is 1. The highest BCUT2D eigenvalue weighted by Crippen LogP contribution is 2.34. The molecule has 0 bridgehead atoms. The van der Waals surface area contributed by atoms with Crippen molar-refractivity contribution in [3.63, 3.8) is 0 Å². The van der Waals surface area contributed by atoms with Gasteiger partial charge in [0.2, 0.25) is 0 Å². The number of carbonyl (C=O) groups is 1. The number of nitro benzene ring substituents is 1. The highest BCUT2D eigenvalue weighted by Gasteiger charge is 2.28. The van der Waals surface area contributed by atoms with Gasteiger partial charge in [0.05, 0.1) is 11.5 Å². The van der Waals surface area contributed by atoms with Crippen LogP contribution in [0.5, 0.6) is 0 Å². The van der Waals surface area contributed by atoms with Gasteiger partial charge in [-0.1, -0.05) is 13.8 Å². The molecule has 1 heterocycles. The van der Waals surface area contributed by atoms with E-state index >= 15 is 0 Å². The van der Waals surface area contributed by atoms with Gasteiger partial charge >= 0.3 is 0 Å². The van der Waals surface area contributed by atoms with Crippen molar-refractivity contribution in [1.29, 1.82) is 0 Å². The first-order chi connectivity index (χ1) is 11.3. The first kappa shape index (κ1) is 18.2. The number of benzene rings is 1. The fourth-order valence-electron chi connectivity index (χ4n) is 3.40. The Bertz CT molecular complexity index is 610. The van der Waals surface area contributed by atoms with Crippen molar-refractivity contribution < 1.29 is 14.8 Å². The first-order valence-corrected chi connectivity index (χ1v) is 8.23. The number of carbonyl (C=O) groups excluding carboxylic acids is 1. The summed E-state index contributed by atoms with van der Waals surface area (Å²) in [6.07, 6.45) is 1.12. The Labute approximate surface area is 142 Å². The molecule has 24 heavy (non-hydrogen) atoms. The molecule has 1 fully saturated rings. The zero-order chi connectivity index (χ0) is 17.9. The fraction of sp³-hybridized carbons (Fsp3) is 0.588. The van der Waals surface area contributed by atoms with Gasteiger partial charge in [-0.05, 0) is 30.4 Å².